The molecule has 0 bridgehead atoms. The highest BCUT2D eigenvalue weighted by molar-refractivity contribution is 9.10. The van der Waals surface area contributed by atoms with Gasteiger partial charge in [0.2, 0.25) is 10.0 Å². The van der Waals surface area contributed by atoms with Crippen molar-refractivity contribution < 1.29 is 8.42 Å². The van der Waals surface area contributed by atoms with E-state index in [0.29, 0.717) is 15.8 Å². The van der Waals surface area contributed by atoms with Crippen molar-refractivity contribution in [2.24, 2.45) is 0 Å². The van der Waals surface area contributed by atoms with E-state index in [0.717, 1.165) is 0 Å². The molecule has 0 spiro atoms. The van der Waals surface area contributed by atoms with Crippen LogP contribution in [-0.2, 0) is 10.0 Å². The predicted molar refractivity (Wildman–Crippen MR) is 66.2 cm³/mol. The number of benzene rings is 1. The second kappa shape index (κ2) is 4.72. The van der Waals surface area contributed by atoms with Crippen molar-refractivity contribution in [2.75, 3.05) is 10.5 Å². The van der Waals surface area contributed by atoms with Gasteiger partial charge in [0.25, 0.3) is 0 Å². The van der Waals surface area contributed by atoms with Gasteiger partial charge in [0.15, 0.2) is 5.25 Å². The summed E-state index contributed by atoms with van der Waals surface area (Å²) in [6.07, 6.45) is 0. The van der Waals surface area contributed by atoms with Gasteiger partial charge in [0.1, 0.15) is 0 Å². The van der Waals surface area contributed by atoms with Gasteiger partial charge in [-0.2, -0.15) is 5.26 Å². The lowest BCUT2D eigenvalue weighted by Gasteiger charge is -2.11. The topological polar surface area (TPSA) is 96.0 Å². The molecule has 0 aliphatic rings. The Bertz CT molecular complexity index is 536. The number of nitrogen functional groups attached to an aromatic ring is 1. The molecule has 0 aliphatic heterocycles. The van der Waals surface area contributed by atoms with Crippen molar-refractivity contribution in [3.8, 4) is 6.07 Å². The van der Waals surface area contributed by atoms with Crippen LogP contribution in [0.25, 0.3) is 0 Å². The van der Waals surface area contributed by atoms with E-state index in [2.05, 4.69) is 20.7 Å². The number of nitrogens with two attached hydrogens (primary N) is 1. The molecule has 1 aromatic rings. The van der Waals surface area contributed by atoms with Crippen LogP contribution in [0.15, 0.2) is 22.7 Å². The molecule has 3 N–H and O–H groups in total. The van der Waals surface area contributed by atoms with Crippen LogP contribution in [0, 0.1) is 11.3 Å². The Hall–Kier alpha value is -1.26. The second-order valence-electron chi connectivity index (χ2n) is 3.16. The maximum Gasteiger partial charge on any atom is 0.248 e. The fraction of sp³-hybridized carbons (Fsp3) is 0.222. The summed E-state index contributed by atoms with van der Waals surface area (Å²) >= 11 is 3.18. The molecule has 0 fully saturated rings. The Balaban J connectivity index is 3.03. The fourth-order valence-corrected chi connectivity index (χ4v) is 2.35. The molecule has 1 aromatic carbocycles. The van der Waals surface area contributed by atoms with Gasteiger partial charge in [-0.25, -0.2) is 8.42 Å². The lowest BCUT2D eigenvalue weighted by Crippen LogP contribution is -2.24. The van der Waals surface area contributed by atoms with Gasteiger partial charge in [-0.3, -0.25) is 4.72 Å². The third kappa shape index (κ3) is 2.87. The largest absolute Gasteiger partial charge is 0.399 e. The van der Waals surface area contributed by atoms with Crippen LogP contribution in [0.2, 0.25) is 0 Å². The number of anilines is 2. The monoisotopic (exact) mass is 303 g/mol. The van der Waals surface area contributed by atoms with Crippen LogP contribution in [0.1, 0.15) is 6.92 Å². The highest BCUT2D eigenvalue weighted by Gasteiger charge is 2.20. The molecule has 0 aliphatic carbocycles. The highest BCUT2D eigenvalue weighted by atomic mass is 79.9. The quantitative estimate of drug-likeness (QED) is 0.830. The Morgan fingerprint density at radius 3 is 2.69 bits per heavy atom. The molecule has 1 atom stereocenters. The van der Waals surface area contributed by atoms with E-state index in [1.165, 1.54) is 13.0 Å². The number of halogens is 1. The minimum atomic E-state index is -3.68. The van der Waals surface area contributed by atoms with Crippen LogP contribution >= 0.6 is 15.9 Å². The van der Waals surface area contributed by atoms with Crippen LogP contribution in [0.4, 0.5) is 11.4 Å². The van der Waals surface area contributed by atoms with Crippen LogP contribution in [-0.4, -0.2) is 13.7 Å². The summed E-state index contributed by atoms with van der Waals surface area (Å²) in [6.45, 7) is 1.31. The number of hydrogen-bond acceptors (Lipinski definition) is 4. The molecule has 0 saturated heterocycles. The summed E-state index contributed by atoms with van der Waals surface area (Å²) in [6, 6.07) is 6.34. The highest BCUT2D eigenvalue weighted by Crippen LogP contribution is 2.26. The third-order valence-electron chi connectivity index (χ3n) is 1.89. The molecule has 16 heavy (non-hydrogen) atoms. The average molecular weight is 304 g/mol. The first-order valence-electron chi connectivity index (χ1n) is 4.33. The Labute approximate surface area is 102 Å². The van der Waals surface area contributed by atoms with Crippen molar-refractivity contribution in [1.29, 1.82) is 5.26 Å². The van der Waals surface area contributed by atoms with Gasteiger partial charge in [-0.1, -0.05) is 0 Å². The third-order valence-corrected chi connectivity index (χ3v) is 4.09. The zero-order chi connectivity index (χ0) is 12.3. The molecule has 1 rings (SSSR count). The SMILES string of the molecule is CC(C#N)S(=O)(=O)Nc1ccc(N)cc1Br. The Morgan fingerprint density at radius 2 is 2.19 bits per heavy atom. The van der Waals surface area contributed by atoms with Gasteiger partial charge in [0.05, 0.1) is 11.8 Å². The zero-order valence-corrected chi connectivity index (χ0v) is 10.8. The molecule has 0 aromatic heterocycles. The first-order chi connectivity index (χ1) is 7.36. The first kappa shape index (κ1) is 12.8. The number of sulfonamides is 1. The van der Waals surface area contributed by atoms with Gasteiger partial charge in [-0.15, -0.1) is 0 Å². The molecule has 7 heteroatoms. The van der Waals surface area contributed by atoms with Crippen LogP contribution < -0.4 is 10.5 Å². The maximum atomic E-state index is 11.6. The summed E-state index contributed by atoms with van der Waals surface area (Å²) in [7, 11) is -3.68. The molecule has 0 saturated carbocycles. The average Bonchev–Trinajstić information content (AvgIpc) is 2.21. The normalized spacial score (nSPS) is 12.8. The predicted octanol–water partition coefficient (Wildman–Crippen LogP) is 1.69. The van der Waals surface area contributed by atoms with E-state index < -0.39 is 15.3 Å². The smallest absolute Gasteiger partial charge is 0.248 e. The number of rotatable bonds is 3. The number of hydrogen-bond donors (Lipinski definition) is 2. The minimum absolute atomic E-state index is 0.358. The maximum absolute atomic E-state index is 11.6. The molecule has 1 unspecified atom stereocenters. The number of nitriles is 1. The molecule has 0 radical (unpaired) electrons. The summed E-state index contributed by atoms with van der Waals surface area (Å²) in [5.74, 6) is 0. The molecule has 0 amide bonds. The minimum Gasteiger partial charge on any atom is -0.399 e. The van der Waals surface area contributed by atoms with Crippen molar-refractivity contribution >= 4 is 37.3 Å². The number of nitrogens with zero attached hydrogens (tertiary/aromatic N) is 1. The van der Waals surface area contributed by atoms with E-state index >= 15 is 0 Å². The zero-order valence-electron chi connectivity index (χ0n) is 8.44. The fourth-order valence-electron chi connectivity index (χ4n) is 0.925. The molecule has 86 valence electrons. The molecule has 0 heterocycles. The molecule has 5 nitrogen and oxygen atoms in total. The van der Waals surface area contributed by atoms with Crippen molar-refractivity contribution in [2.45, 2.75) is 12.2 Å². The van der Waals surface area contributed by atoms with Crippen molar-refractivity contribution in [1.82, 2.24) is 0 Å². The van der Waals surface area contributed by atoms with Gasteiger partial charge in [0, 0.05) is 10.2 Å². The van der Waals surface area contributed by atoms with E-state index in [1.807, 2.05) is 0 Å². The standard InChI is InChI=1S/C9H10BrN3O2S/c1-6(5-11)16(14,15)13-9-3-2-7(12)4-8(9)10/h2-4,6,13H,12H2,1H3. The first-order valence-corrected chi connectivity index (χ1v) is 6.67. The van der Waals surface area contributed by atoms with E-state index in [9.17, 15) is 8.42 Å². The lowest BCUT2D eigenvalue weighted by molar-refractivity contribution is 0.597. The lowest BCUT2D eigenvalue weighted by atomic mass is 10.3. The second-order valence-corrected chi connectivity index (χ2v) is 6.01. The molecular weight excluding hydrogens is 294 g/mol. The Morgan fingerprint density at radius 1 is 1.56 bits per heavy atom. The molecular formula is C9H10BrN3O2S. The van der Waals surface area contributed by atoms with Crippen molar-refractivity contribution in [3.63, 3.8) is 0 Å². The summed E-state index contributed by atoms with van der Waals surface area (Å²) < 4.78 is 26.0. The summed E-state index contributed by atoms with van der Waals surface area (Å²) in [5, 5.41) is 7.45. The Kier molecular flexibility index (Phi) is 3.78. The van der Waals surface area contributed by atoms with Gasteiger partial charge >= 0.3 is 0 Å². The number of nitrogens with one attached hydrogen (secondary N) is 1. The van der Waals surface area contributed by atoms with E-state index in [4.69, 9.17) is 11.0 Å². The van der Waals surface area contributed by atoms with E-state index in [1.54, 1.807) is 18.2 Å². The van der Waals surface area contributed by atoms with Gasteiger partial charge < -0.3 is 5.73 Å². The van der Waals surface area contributed by atoms with Crippen molar-refractivity contribution in [3.05, 3.63) is 22.7 Å². The van der Waals surface area contributed by atoms with E-state index in [-0.39, 0.29) is 0 Å². The summed E-state index contributed by atoms with van der Waals surface area (Å²) in [4.78, 5) is 0. The summed E-state index contributed by atoms with van der Waals surface area (Å²) in [5.41, 5.74) is 6.39. The van der Waals surface area contributed by atoms with Crippen LogP contribution in [0.3, 0.4) is 0 Å². The van der Waals surface area contributed by atoms with Crippen LogP contribution in [0.5, 0.6) is 0 Å². The van der Waals surface area contributed by atoms with Gasteiger partial charge in [-0.05, 0) is 41.1 Å².